The van der Waals surface area contributed by atoms with Crippen molar-refractivity contribution in [3.8, 4) is 0 Å². The number of nitrogens with one attached hydrogen (secondary N) is 1. The molecule has 0 heterocycles. The predicted molar refractivity (Wildman–Crippen MR) is 92.4 cm³/mol. The summed E-state index contributed by atoms with van der Waals surface area (Å²) >= 11 is 1.63. The van der Waals surface area contributed by atoms with Gasteiger partial charge in [0.25, 0.3) is 0 Å². The molecular formula is C15H26N2O2S2. The summed E-state index contributed by atoms with van der Waals surface area (Å²) in [5, 5.41) is 0. The lowest BCUT2D eigenvalue weighted by Crippen LogP contribution is -2.36. The summed E-state index contributed by atoms with van der Waals surface area (Å²) in [4.78, 5) is 0.318. The fraction of sp³-hybridized carbons (Fsp3) is 0.600. The standard InChI is InChI=1S/C15H26N2O2S2/c1-6-11-8-13(16)12(7-2)14(9-11)21(18,19)17-10-15(3,4)20-5/h8-9,17H,6-7,10,16H2,1-5H3. The Morgan fingerprint density at radius 2 is 1.86 bits per heavy atom. The lowest BCUT2D eigenvalue weighted by Gasteiger charge is -2.23. The molecule has 0 fully saturated rings. The van der Waals surface area contributed by atoms with Crippen LogP contribution in [0.15, 0.2) is 17.0 Å². The Morgan fingerprint density at radius 3 is 2.33 bits per heavy atom. The van der Waals surface area contributed by atoms with Crippen LogP contribution in [0.4, 0.5) is 5.69 Å². The van der Waals surface area contributed by atoms with Crippen LogP contribution in [0.2, 0.25) is 0 Å². The van der Waals surface area contributed by atoms with Crippen molar-refractivity contribution in [3.05, 3.63) is 23.3 Å². The van der Waals surface area contributed by atoms with Crippen LogP contribution < -0.4 is 10.5 Å². The van der Waals surface area contributed by atoms with Crippen LogP contribution in [0.25, 0.3) is 0 Å². The third kappa shape index (κ3) is 4.63. The van der Waals surface area contributed by atoms with Crippen molar-refractivity contribution in [1.29, 1.82) is 0 Å². The van der Waals surface area contributed by atoms with Gasteiger partial charge in [0.2, 0.25) is 10.0 Å². The summed E-state index contributed by atoms with van der Waals surface area (Å²) in [6.07, 6.45) is 3.33. The van der Waals surface area contributed by atoms with Crippen LogP contribution in [0.1, 0.15) is 38.8 Å². The van der Waals surface area contributed by atoms with Gasteiger partial charge in [-0.25, -0.2) is 13.1 Å². The van der Waals surface area contributed by atoms with E-state index in [-0.39, 0.29) is 4.75 Å². The number of nitrogen functional groups attached to an aromatic ring is 1. The Bertz CT molecular complexity index is 596. The molecule has 6 heteroatoms. The van der Waals surface area contributed by atoms with Gasteiger partial charge < -0.3 is 5.73 Å². The second kappa shape index (κ2) is 7.03. The summed E-state index contributed by atoms with van der Waals surface area (Å²) in [5.74, 6) is 0. The smallest absolute Gasteiger partial charge is 0.240 e. The largest absolute Gasteiger partial charge is 0.398 e. The van der Waals surface area contributed by atoms with Gasteiger partial charge in [0.05, 0.1) is 4.90 Å². The van der Waals surface area contributed by atoms with Crippen molar-refractivity contribution < 1.29 is 8.42 Å². The van der Waals surface area contributed by atoms with Crippen LogP contribution in [0.3, 0.4) is 0 Å². The normalized spacial score (nSPS) is 12.6. The van der Waals surface area contributed by atoms with Crippen molar-refractivity contribution in [2.45, 2.75) is 50.2 Å². The van der Waals surface area contributed by atoms with Gasteiger partial charge in [0.15, 0.2) is 0 Å². The van der Waals surface area contributed by atoms with Gasteiger partial charge in [-0.05, 0) is 56.2 Å². The number of nitrogens with two attached hydrogens (primary N) is 1. The molecule has 0 aromatic heterocycles. The fourth-order valence-corrected chi connectivity index (χ4v) is 3.87. The first kappa shape index (κ1) is 18.3. The summed E-state index contributed by atoms with van der Waals surface area (Å²) < 4.78 is 27.8. The van der Waals surface area contributed by atoms with Crippen LogP contribution >= 0.6 is 11.8 Å². The minimum Gasteiger partial charge on any atom is -0.398 e. The van der Waals surface area contributed by atoms with E-state index in [1.54, 1.807) is 17.8 Å². The fourth-order valence-electron chi connectivity index (χ4n) is 1.97. The maximum Gasteiger partial charge on any atom is 0.240 e. The van der Waals surface area contributed by atoms with E-state index in [1.165, 1.54) is 0 Å². The van der Waals surface area contributed by atoms with Gasteiger partial charge >= 0.3 is 0 Å². The van der Waals surface area contributed by atoms with Gasteiger partial charge in [-0.1, -0.05) is 13.8 Å². The number of sulfonamides is 1. The number of benzene rings is 1. The molecule has 3 N–H and O–H groups in total. The zero-order valence-electron chi connectivity index (χ0n) is 13.5. The number of rotatable bonds is 7. The number of hydrogen-bond donors (Lipinski definition) is 2. The highest BCUT2D eigenvalue weighted by molar-refractivity contribution is 8.00. The van der Waals surface area contributed by atoms with Gasteiger partial charge in [-0.15, -0.1) is 0 Å². The first-order chi connectivity index (χ1) is 9.66. The van der Waals surface area contributed by atoms with E-state index in [4.69, 9.17) is 5.73 Å². The van der Waals surface area contributed by atoms with Crippen LogP contribution in [-0.2, 0) is 22.9 Å². The highest BCUT2D eigenvalue weighted by Gasteiger charge is 2.24. The molecule has 1 rings (SSSR count). The maximum atomic E-state index is 12.6. The lowest BCUT2D eigenvalue weighted by atomic mass is 10.1. The predicted octanol–water partition coefficient (Wildman–Crippen LogP) is 2.81. The van der Waals surface area contributed by atoms with Crippen molar-refractivity contribution in [3.63, 3.8) is 0 Å². The van der Waals surface area contributed by atoms with Crippen LogP contribution in [0.5, 0.6) is 0 Å². The lowest BCUT2D eigenvalue weighted by molar-refractivity contribution is 0.569. The van der Waals surface area contributed by atoms with Crippen molar-refractivity contribution in [2.24, 2.45) is 0 Å². The van der Waals surface area contributed by atoms with Gasteiger partial charge in [0, 0.05) is 17.0 Å². The van der Waals surface area contributed by atoms with E-state index < -0.39 is 10.0 Å². The van der Waals surface area contributed by atoms with E-state index in [1.807, 2.05) is 40.0 Å². The van der Waals surface area contributed by atoms with Gasteiger partial charge in [-0.3, -0.25) is 0 Å². The molecule has 0 saturated carbocycles. The molecule has 0 aliphatic heterocycles. The first-order valence-electron chi connectivity index (χ1n) is 7.13. The third-order valence-corrected chi connectivity index (χ3v) is 6.31. The number of hydrogen-bond acceptors (Lipinski definition) is 4. The zero-order chi connectivity index (χ0) is 16.3. The molecule has 1 aromatic rings. The van der Waals surface area contributed by atoms with E-state index in [0.29, 0.717) is 29.1 Å². The third-order valence-electron chi connectivity index (χ3n) is 3.60. The monoisotopic (exact) mass is 330 g/mol. The van der Waals surface area contributed by atoms with Gasteiger partial charge in [-0.2, -0.15) is 11.8 Å². The zero-order valence-corrected chi connectivity index (χ0v) is 15.1. The summed E-state index contributed by atoms with van der Waals surface area (Å²) in [5.41, 5.74) is 8.21. The van der Waals surface area contributed by atoms with E-state index in [9.17, 15) is 8.42 Å². The Kier molecular flexibility index (Phi) is 6.13. The molecule has 0 unspecified atom stereocenters. The van der Waals surface area contributed by atoms with Crippen LogP contribution in [-0.4, -0.2) is 26.0 Å². The molecule has 21 heavy (non-hydrogen) atoms. The molecule has 120 valence electrons. The van der Waals surface area contributed by atoms with Crippen LogP contribution in [0, 0.1) is 0 Å². The average molecular weight is 331 g/mol. The molecule has 0 bridgehead atoms. The van der Waals surface area contributed by atoms with Crippen molar-refractivity contribution in [2.75, 3.05) is 18.5 Å². The topological polar surface area (TPSA) is 72.2 Å². The Hall–Kier alpha value is -0.720. The molecule has 0 aliphatic rings. The summed E-state index contributed by atoms with van der Waals surface area (Å²) in [7, 11) is -3.54. The molecular weight excluding hydrogens is 304 g/mol. The Morgan fingerprint density at radius 1 is 1.24 bits per heavy atom. The van der Waals surface area contributed by atoms with Gasteiger partial charge in [0.1, 0.15) is 0 Å². The Labute approximate surface area is 132 Å². The van der Waals surface area contributed by atoms with Crippen molar-refractivity contribution >= 4 is 27.5 Å². The van der Waals surface area contributed by atoms with E-state index >= 15 is 0 Å². The quantitative estimate of drug-likeness (QED) is 0.754. The number of aryl methyl sites for hydroxylation is 1. The highest BCUT2D eigenvalue weighted by Crippen LogP contribution is 2.26. The molecule has 0 radical (unpaired) electrons. The number of anilines is 1. The summed E-state index contributed by atoms with van der Waals surface area (Å²) in [6, 6.07) is 3.60. The summed E-state index contributed by atoms with van der Waals surface area (Å²) in [6.45, 7) is 8.31. The second-order valence-corrected chi connectivity index (χ2v) is 8.91. The SMILES string of the molecule is CCc1cc(N)c(CC)c(S(=O)(=O)NCC(C)(C)SC)c1. The van der Waals surface area contributed by atoms with E-state index in [0.717, 1.165) is 12.0 Å². The van der Waals surface area contributed by atoms with E-state index in [2.05, 4.69) is 4.72 Å². The average Bonchev–Trinajstić information content (AvgIpc) is 2.44. The molecule has 0 amide bonds. The molecule has 1 aromatic carbocycles. The molecule has 4 nitrogen and oxygen atoms in total. The maximum absolute atomic E-state index is 12.6. The van der Waals surface area contributed by atoms with Crippen molar-refractivity contribution in [1.82, 2.24) is 4.72 Å². The molecule has 0 atom stereocenters. The number of thioether (sulfide) groups is 1. The highest BCUT2D eigenvalue weighted by atomic mass is 32.2. The Balaban J connectivity index is 3.21. The molecule has 0 aliphatic carbocycles. The minimum atomic E-state index is -3.54. The molecule has 0 spiro atoms. The second-order valence-electron chi connectivity index (χ2n) is 5.66. The first-order valence-corrected chi connectivity index (χ1v) is 9.83. The minimum absolute atomic E-state index is 0.145. The molecule has 0 saturated heterocycles.